The summed E-state index contributed by atoms with van der Waals surface area (Å²) in [7, 11) is 0. The molecule has 8 heteroatoms. The summed E-state index contributed by atoms with van der Waals surface area (Å²) >= 11 is 0. The van der Waals surface area contributed by atoms with Crippen LogP contribution >= 0.6 is 0 Å². The molecule has 0 fully saturated rings. The van der Waals surface area contributed by atoms with E-state index in [-0.39, 0.29) is 44.7 Å². The molecule has 0 atom stereocenters. The molecule has 0 bridgehead atoms. The fraction of sp³-hybridized carbons (Fsp3) is 0.162. The van der Waals surface area contributed by atoms with Gasteiger partial charge in [-0.2, -0.15) is 0 Å². The Bertz CT molecular complexity index is 4690. The molecule has 14 rings (SSSR count). The molecule has 0 amide bonds. The van der Waals surface area contributed by atoms with Crippen molar-refractivity contribution in [1.82, 2.24) is 19.1 Å². The molecule has 4 heterocycles. The molecular formula is C74H60N4O3Pt. The van der Waals surface area contributed by atoms with Crippen molar-refractivity contribution in [1.29, 1.82) is 0 Å². The molecule has 0 aliphatic carbocycles. The van der Waals surface area contributed by atoms with Gasteiger partial charge in [0.1, 0.15) is 16.7 Å². The molecule has 0 radical (unpaired) electrons. The molecular weight excluding hydrogens is 1190 g/mol. The van der Waals surface area contributed by atoms with Crippen LogP contribution in [0.5, 0.6) is 11.5 Å². The molecule has 0 spiro atoms. The Balaban J connectivity index is 0.00000631. The van der Waals surface area contributed by atoms with Crippen molar-refractivity contribution >= 4 is 65.9 Å². The number of nitrogens with zero attached hydrogens (tertiary/aromatic N) is 4. The van der Waals surface area contributed by atoms with Crippen molar-refractivity contribution in [3.8, 4) is 67.9 Å². The van der Waals surface area contributed by atoms with Crippen LogP contribution in [-0.2, 0) is 21.1 Å². The third kappa shape index (κ3) is 8.94. The molecule has 4 aromatic heterocycles. The number of furan rings is 2. The largest absolute Gasteiger partial charge is 2.00 e. The second kappa shape index (κ2) is 21.0. The molecule has 0 aliphatic heterocycles. The van der Waals surface area contributed by atoms with E-state index in [1.165, 1.54) is 44.5 Å². The Morgan fingerprint density at radius 3 is 1.45 bits per heavy atom. The van der Waals surface area contributed by atoms with Crippen LogP contribution in [0.15, 0.2) is 203 Å². The third-order valence-electron chi connectivity index (χ3n) is 16.0. The van der Waals surface area contributed by atoms with Gasteiger partial charge in [-0.3, -0.25) is 9.97 Å². The minimum absolute atomic E-state index is 0. The first kappa shape index (κ1) is 52.6. The molecule has 82 heavy (non-hydrogen) atoms. The van der Waals surface area contributed by atoms with E-state index >= 15 is 0 Å². The topological polar surface area (TPSA) is 71.2 Å². The molecule has 0 N–H and O–H groups in total. The fourth-order valence-electron chi connectivity index (χ4n) is 12.1. The van der Waals surface area contributed by atoms with Crippen LogP contribution in [0, 0.1) is 12.1 Å². The summed E-state index contributed by atoms with van der Waals surface area (Å²) in [6.45, 7) is 18.2. The molecule has 0 unspecified atom stereocenters. The minimum Gasteiger partial charge on any atom is -0.500 e. The Kier molecular flexibility index (Phi) is 13.4. The Labute approximate surface area is 492 Å². The van der Waals surface area contributed by atoms with E-state index < -0.39 is 0 Å². The number of para-hydroxylation sites is 5. The summed E-state index contributed by atoms with van der Waals surface area (Å²) in [5, 5.41) is 3.84. The van der Waals surface area contributed by atoms with E-state index in [1.54, 1.807) is 0 Å². The Hall–Kier alpha value is -8.77. The zero-order chi connectivity index (χ0) is 55.2. The Morgan fingerprint density at radius 1 is 0.390 bits per heavy atom. The average molecular weight is 1250 g/mol. The van der Waals surface area contributed by atoms with Crippen molar-refractivity contribution in [3.63, 3.8) is 0 Å². The molecule has 7 nitrogen and oxygen atoms in total. The maximum Gasteiger partial charge on any atom is 2.00 e. The number of imidazole rings is 2. The SMILES string of the molecule is CC(C)c1cc(-c2ccccc2)cc(C(C)C)c1-n1c(-c2[c-]c(Oc3[c-]c(-c4nc5ccccc5n4-c4c(C(C)C)cc(-c5ccccc5)cc4C(C)C)c4oc5cc6oc7ccccc7c6cc5c4c3)ccc2)nc2ccccc21.[Pt+2]. The summed E-state index contributed by atoms with van der Waals surface area (Å²) < 4.78 is 25.4. The summed E-state index contributed by atoms with van der Waals surface area (Å²) in [4.78, 5) is 11.0. The predicted molar refractivity (Wildman–Crippen MR) is 333 cm³/mol. The van der Waals surface area contributed by atoms with Gasteiger partial charge in [-0.15, -0.1) is 23.8 Å². The molecule has 0 aliphatic rings. The predicted octanol–water partition coefficient (Wildman–Crippen LogP) is 20.7. The van der Waals surface area contributed by atoms with Gasteiger partial charge in [0.05, 0.1) is 39.3 Å². The van der Waals surface area contributed by atoms with Crippen molar-refractivity contribution in [3.05, 3.63) is 229 Å². The van der Waals surface area contributed by atoms with E-state index in [0.29, 0.717) is 34.1 Å². The van der Waals surface area contributed by atoms with Gasteiger partial charge >= 0.3 is 21.1 Å². The van der Waals surface area contributed by atoms with Crippen molar-refractivity contribution in [2.75, 3.05) is 0 Å². The number of rotatable bonds is 12. The van der Waals surface area contributed by atoms with E-state index in [4.69, 9.17) is 23.5 Å². The number of hydrogen-bond donors (Lipinski definition) is 0. The van der Waals surface area contributed by atoms with Crippen LogP contribution in [-0.4, -0.2) is 19.1 Å². The summed E-state index contributed by atoms with van der Waals surface area (Å²) in [6.07, 6.45) is 0. The number of ether oxygens (including phenoxy) is 1. The minimum atomic E-state index is 0. The summed E-state index contributed by atoms with van der Waals surface area (Å²) in [6, 6.07) is 75.7. The summed E-state index contributed by atoms with van der Waals surface area (Å²) in [5.74, 6) is 3.26. The van der Waals surface area contributed by atoms with Gasteiger partial charge < -0.3 is 22.7 Å². The first-order chi connectivity index (χ1) is 39.4. The number of fused-ring (bicyclic) bond motifs is 8. The van der Waals surface area contributed by atoms with Crippen LogP contribution in [0.4, 0.5) is 0 Å². The fourth-order valence-corrected chi connectivity index (χ4v) is 12.1. The molecule has 0 saturated carbocycles. The van der Waals surface area contributed by atoms with Crippen molar-refractivity contribution in [2.24, 2.45) is 0 Å². The van der Waals surface area contributed by atoms with Crippen LogP contribution < -0.4 is 4.74 Å². The molecule has 14 aromatic rings. The second-order valence-electron chi connectivity index (χ2n) is 22.7. The van der Waals surface area contributed by atoms with E-state index in [9.17, 15) is 0 Å². The van der Waals surface area contributed by atoms with Crippen LogP contribution in [0.3, 0.4) is 0 Å². The number of benzene rings is 10. The van der Waals surface area contributed by atoms with Gasteiger partial charge in [0.25, 0.3) is 0 Å². The maximum atomic E-state index is 7.14. The monoisotopic (exact) mass is 1250 g/mol. The van der Waals surface area contributed by atoms with Crippen LogP contribution in [0.25, 0.3) is 122 Å². The summed E-state index contributed by atoms with van der Waals surface area (Å²) in [5.41, 5.74) is 20.1. The number of aromatic nitrogens is 4. The molecule has 0 saturated heterocycles. The van der Waals surface area contributed by atoms with Gasteiger partial charge in [-0.05, 0) is 129 Å². The smallest absolute Gasteiger partial charge is 0.500 e. The van der Waals surface area contributed by atoms with Gasteiger partial charge in [0, 0.05) is 45.1 Å². The van der Waals surface area contributed by atoms with Gasteiger partial charge in [0.2, 0.25) is 0 Å². The van der Waals surface area contributed by atoms with E-state index in [0.717, 1.165) is 77.5 Å². The van der Waals surface area contributed by atoms with Gasteiger partial charge in [-0.25, -0.2) is 0 Å². The van der Waals surface area contributed by atoms with Crippen LogP contribution in [0.1, 0.15) is 101 Å². The second-order valence-corrected chi connectivity index (χ2v) is 22.7. The third-order valence-corrected chi connectivity index (χ3v) is 16.0. The normalized spacial score (nSPS) is 12.0. The van der Waals surface area contributed by atoms with Crippen molar-refractivity contribution < 1.29 is 34.6 Å². The van der Waals surface area contributed by atoms with E-state index in [1.807, 2.05) is 36.4 Å². The number of hydrogen-bond acceptors (Lipinski definition) is 5. The standard InChI is InChI=1S/C74H60N4O3.Pt/c1-43(2)55-35-50(47-22-11-9-12-23-47)36-56(44(3)4)70(55)77-65-31-18-16-29-63(65)75-73(77)49-26-21-27-52(34-49)79-53-39-61-60-41-59-54-28-15-20-33-67(54)80-68(59)42-69(60)81-72(61)62(40-53)74-76-64-30-17-19-32-66(64)78(74)71-57(45(5)6)37-51(38-58(71)46(7)8)48-24-13-10-14-25-48;/h9-33,35-39,41-46H,1-8H3;/q-2;+2. The van der Waals surface area contributed by atoms with E-state index in [2.05, 4.69) is 234 Å². The quantitative estimate of drug-likeness (QED) is 0.114. The first-order valence-electron chi connectivity index (χ1n) is 28.3. The van der Waals surface area contributed by atoms with Crippen LogP contribution in [0.2, 0.25) is 0 Å². The zero-order valence-electron chi connectivity index (χ0n) is 47.1. The Morgan fingerprint density at radius 2 is 0.878 bits per heavy atom. The molecule has 10 aromatic carbocycles. The average Bonchev–Trinajstić information content (AvgIpc) is 4.47. The van der Waals surface area contributed by atoms with Gasteiger partial charge in [0.15, 0.2) is 0 Å². The maximum absolute atomic E-state index is 7.14. The molecule has 404 valence electrons. The zero-order valence-corrected chi connectivity index (χ0v) is 49.4. The van der Waals surface area contributed by atoms with Crippen molar-refractivity contribution in [2.45, 2.75) is 79.1 Å². The van der Waals surface area contributed by atoms with Gasteiger partial charge in [-0.1, -0.05) is 188 Å². The first-order valence-corrected chi connectivity index (χ1v) is 28.3.